The highest BCUT2D eigenvalue weighted by atomic mass is 35.5. The average molecular weight is 446 g/mol. The molecule has 1 saturated heterocycles. The summed E-state index contributed by atoms with van der Waals surface area (Å²) in [5.41, 5.74) is 9.67. The van der Waals surface area contributed by atoms with E-state index in [1.807, 2.05) is 22.7 Å². The van der Waals surface area contributed by atoms with Crippen LogP contribution in [0.2, 0.25) is 10.0 Å². The Morgan fingerprint density at radius 3 is 2.70 bits per heavy atom. The predicted octanol–water partition coefficient (Wildman–Crippen LogP) is 4.29. The Kier molecular flexibility index (Phi) is 5.14. The largest absolute Gasteiger partial charge is 0.392 e. The first-order valence-corrected chi connectivity index (χ1v) is 11.2. The molecule has 1 aliphatic carbocycles. The molecule has 1 aliphatic heterocycles. The topological polar surface area (TPSA) is 79.7 Å². The molecule has 0 radical (unpaired) electrons. The normalized spacial score (nSPS) is 21.1. The number of aliphatic hydroxyl groups is 1. The third kappa shape index (κ3) is 3.09. The third-order valence-electron chi connectivity index (χ3n) is 7.06. The van der Waals surface area contributed by atoms with Crippen LogP contribution in [0.15, 0.2) is 30.6 Å². The Morgan fingerprint density at radius 2 is 2.00 bits per heavy atom. The van der Waals surface area contributed by atoms with Gasteiger partial charge in [0.15, 0.2) is 5.65 Å². The number of nitrogens with two attached hydrogens (primary N) is 1. The fourth-order valence-electron chi connectivity index (χ4n) is 5.32. The summed E-state index contributed by atoms with van der Waals surface area (Å²) in [6.07, 6.45) is 7.31. The molecule has 3 N–H and O–H groups in total. The zero-order valence-corrected chi connectivity index (χ0v) is 18.2. The van der Waals surface area contributed by atoms with Crippen LogP contribution in [0.3, 0.4) is 0 Å². The van der Waals surface area contributed by atoms with E-state index in [2.05, 4.69) is 15.0 Å². The monoisotopic (exact) mass is 445 g/mol. The van der Waals surface area contributed by atoms with Crippen molar-refractivity contribution in [3.63, 3.8) is 0 Å². The number of fused-ring (bicyclic) bond motifs is 1. The first-order chi connectivity index (χ1) is 14.5. The van der Waals surface area contributed by atoms with Gasteiger partial charge >= 0.3 is 0 Å². The zero-order valence-electron chi connectivity index (χ0n) is 16.7. The molecule has 3 aromatic rings. The van der Waals surface area contributed by atoms with Gasteiger partial charge in [-0.05, 0) is 48.8 Å². The standard InChI is InChI=1S/C22H25Cl2N5O/c23-16-4-1-3-15(20(16)24)19-14(12-30)11-18(29-21(19)26-13-27-29)28-9-7-22(8-10-28)6-2-5-17(22)25/h1,3-4,11,13,17,30H,2,5-10,12,25H2. The van der Waals surface area contributed by atoms with Crippen molar-refractivity contribution < 1.29 is 5.11 Å². The lowest BCUT2D eigenvalue weighted by molar-refractivity contribution is 0.197. The molecule has 2 aromatic heterocycles. The summed E-state index contributed by atoms with van der Waals surface area (Å²) in [6, 6.07) is 7.80. The predicted molar refractivity (Wildman–Crippen MR) is 120 cm³/mol. The van der Waals surface area contributed by atoms with Gasteiger partial charge < -0.3 is 15.7 Å². The highest BCUT2D eigenvalue weighted by Crippen LogP contribution is 2.46. The molecule has 6 nitrogen and oxygen atoms in total. The maximum Gasteiger partial charge on any atom is 0.165 e. The molecule has 2 aliphatic rings. The van der Waals surface area contributed by atoms with E-state index in [0.717, 1.165) is 54.9 Å². The molecule has 30 heavy (non-hydrogen) atoms. The van der Waals surface area contributed by atoms with Gasteiger partial charge in [0.1, 0.15) is 12.1 Å². The first kappa shape index (κ1) is 20.1. The van der Waals surface area contributed by atoms with Crippen LogP contribution in [-0.2, 0) is 6.61 Å². The van der Waals surface area contributed by atoms with Crippen LogP contribution in [0.1, 0.15) is 37.7 Å². The van der Waals surface area contributed by atoms with Gasteiger partial charge in [-0.2, -0.15) is 9.61 Å². The van der Waals surface area contributed by atoms with Crippen molar-refractivity contribution in [1.29, 1.82) is 0 Å². The molecular formula is C22H25Cl2N5O. The molecular weight excluding hydrogens is 421 g/mol. The van der Waals surface area contributed by atoms with Gasteiger partial charge in [0.25, 0.3) is 0 Å². The Morgan fingerprint density at radius 1 is 1.20 bits per heavy atom. The van der Waals surface area contributed by atoms with Crippen molar-refractivity contribution in [1.82, 2.24) is 14.6 Å². The number of nitrogens with zero attached hydrogens (tertiary/aromatic N) is 4. The van der Waals surface area contributed by atoms with E-state index in [4.69, 9.17) is 28.9 Å². The van der Waals surface area contributed by atoms with E-state index < -0.39 is 0 Å². The van der Waals surface area contributed by atoms with Crippen LogP contribution < -0.4 is 10.6 Å². The highest BCUT2D eigenvalue weighted by molar-refractivity contribution is 6.43. The van der Waals surface area contributed by atoms with Crippen LogP contribution in [-0.4, -0.2) is 38.8 Å². The van der Waals surface area contributed by atoms with Crippen LogP contribution in [0, 0.1) is 5.41 Å². The molecule has 1 unspecified atom stereocenters. The molecule has 8 heteroatoms. The minimum Gasteiger partial charge on any atom is -0.392 e. The lowest BCUT2D eigenvalue weighted by Crippen LogP contribution is -2.47. The Labute approximate surface area is 185 Å². The number of hydrogen-bond acceptors (Lipinski definition) is 5. The summed E-state index contributed by atoms with van der Waals surface area (Å²) in [5.74, 6) is 0.940. The third-order valence-corrected chi connectivity index (χ3v) is 7.88. The lowest BCUT2D eigenvalue weighted by Gasteiger charge is -2.43. The van der Waals surface area contributed by atoms with Gasteiger partial charge in [0.05, 0.1) is 16.7 Å². The van der Waals surface area contributed by atoms with Crippen LogP contribution in [0.25, 0.3) is 16.8 Å². The van der Waals surface area contributed by atoms with E-state index in [1.54, 1.807) is 12.4 Å². The first-order valence-electron chi connectivity index (χ1n) is 10.5. The van der Waals surface area contributed by atoms with Crippen molar-refractivity contribution in [2.24, 2.45) is 11.1 Å². The molecule has 0 bridgehead atoms. The molecule has 0 amide bonds. The van der Waals surface area contributed by atoms with Gasteiger partial charge in [0.2, 0.25) is 0 Å². The van der Waals surface area contributed by atoms with Crippen molar-refractivity contribution in [3.05, 3.63) is 46.2 Å². The number of benzene rings is 1. The summed E-state index contributed by atoms with van der Waals surface area (Å²) in [6.45, 7) is 1.72. The minimum atomic E-state index is -0.128. The van der Waals surface area contributed by atoms with E-state index in [-0.39, 0.29) is 12.0 Å². The number of hydrogen-bond donors (Lipinski definition) is 2. The van der Waals surface area contributed by atoms with Gasteiger partial charge in [0, 0.05) is 30.3 Å². The van der Waals surface area contributed by atoms with Crippen LogP contribution >= 0.6 is 23.2 Å². The van der Waals surface area contributed by atoms with E-state index in [9.17, 15) is 5.11 Å². The summed E-state index contributed by atoms with van der Waals surface area (Å²) in [5, 5.41) is 15.6. The molecule has 1 aromatic carbocycles. The lowest BCUT2D eigenvalue weighted by atomic mass is 9.74. The SMILES string of the molecule is NC1CCCC12CCN(c1cc(CO)c(-c3cccc(Cl)c3Cl)c3ncnn13)CC2. The number of aliphatic hydroxyl groups excluding tert-OH is 1. The molecule has 1 saturated carbocycles. The second-order valence-electron chi connectivity index (χ2n) is 8.51. The summed E-state index contributed by atoms with van der Waals surface area (Å²) in [7, 11) is 0. The molecule has 2 fully saturated rings. The van der Waals surface area contributed by atoms with Crippen molar-refractivity contribution >= 4 is 34.7 Å². The Hall–Kier alpha value is -1.86. The maximum absolute atomic E-state index is 10.2. The Bertz CT molecular complexity index is 1090. The van der Waals surface area contributed by atoms with Crippen molar-refractivity contribution in [2.45, 2.75) is 44.8 Å². The molecule has 5 rings (SSSR count). The van der Waals surface area contributed by atoms with Gasteiger partial charge in [-0.3, -0.25) is 0 Å². The minimum absolute atomic E-state index is 0.128. The number of pyridine rings is 1. The number of anilines is 1. The fourth-order valence-corrected chi connectivity index (χ4v) is 5.72. The molecule has 1 spiro atoms. The molecule has 3 heterocycles. The second kappa shape index (κ2) is 7.68. The smallest absolute Gasteiger partial charge is 0.165 e. The Balaban J connectivity index is 1.57. The maximum atomic E-state index is 10.2. The number of rotatable bonds is 3. The fraction of sp³-hybridized carbons (Fsp3) is 0.455. The van der Waals surface area contributed by atoms with E-state index in [1.165, 1.54) is 12.8 Å². The van der Waals surface area contributed by atoms with E-state index >= 15 is 0 Å². The van der Waals surface area contributed by atoms with Crippen LogP contribution in [0.5, 0.6) is 0 Å². The van der Waals surface area contributed by atoms with E-state index in [0.29, 0.717) is 21.7 Å². The van der Waals surface area contributed by atoms with Crippen molar-refractivity contribution in [3.8, 4) is 11.1 Å². The number of halogens is 2. The average Bonchev–Trinajstić information content (AvgIpc) is 3.37. The van der Waals surface area contributed by atoms with Crippen LogP contribution in [0.4, 0.5) is 5.82 Å². The number of aromatic nitrogens is 3. The molecule has 1 atom stereocenters. The number of piperidine rings is 1. The quantitative estimate of drug-likeness (QED) is 0.628. The highest BCUT2D eigenvalue weighted by Gasteiger charge is 2.43. The second-order valence-corrected chi connectivity index (χ2v) is 9.29. The van der Waals surface area contributed by atoms with Gasteiger partial charge in [-0.25, -0.2) is 4.98 Å². The summed E-state index contributed by atoms with van der Waals surface area (Å²) >= 11 is 12.8. The van der Waals surface area contributed by atoms with Gasteiger partial charge in [-0.15, -0.1) is 0 Å². The summed E-state index contributed by atoms with van der Waals surface area (Å²) in [4.78, 5) is 6.84. The zero-order chi connectivity index (χ0) is 20.9. The molecule has 158 valence electrons. The van der Waals surface area contributed by atoms with Crippen molar-refractivity contribution in [2.75, 3.05) is 18.0 Å². The van der Waals surface area contributed by atoms with Gasteiger partial charge in [-0.1, -0.05) is 41.8 Å². The summed E-state index contributed by atoms with van der Waals surface area (Å²) < 4.78 is 1.85.